The molecule has 3 aromatic rings. The number of aliphatic hydroxyl groups excluding tert-OH is 17. The van der Waals surface area contributed by atoms with Crippen molar-refractivity contribution in [3.8, 4) is 17.1 Å². The first-order chi connectivity index (χ1) is 71.1. The van der Waals surface area contributed by atoms with Crippen molar-refractivity contribution in [2.24, 2.45) is 5.41 Å². The molecule has 0 spiro atoms. The number of aromatic hydroxyl groups is 1. The van der Waals surface area contributed by atoms with E-state index in [9.17, 15) is 131 Å². The van der Waals surface area contributed by atoms with Gasteiger partial charge in [0.25, 0.3) is 5.56 Å². The number of carboxylic acids is 1. The smallest absolute Gasteiger partial charge is 0.355 e. The third-order valence-electron chi connectivity index (χ3n) is 29.2. The van der Waals surface area contributed by atoms with E-state index in [-0.39, 0.29) is 78.5 Å². The Kier molecular flexibility index (Phi) is 41.8. The number of aryl methyl sites for hydroxylation is 1. The van der Waals surface area contributed by atoms with E-state index in [0.717, 1.165) is 29.1 Å². The number of ketones is 1. The first-order valence-electron chi connectivity index (χ1n) is 50.6. The van der Waals surface area contributed by atoms with Gasteiger partial charge in [-0.3, -0.25) is 33.6 Å². The van der Waals surface area contributed by atoms with E-state index in [1.54, 1.807) is 32.9 Å². The van der Waals surface area contributed by atoms with Crippen LogP contribution in [-0.4, -0.2) is 462 Å². The number of esters is 2. The third kappa shape index (κ3) is 27.8. The Morgan fingerprint density at radius 3 is 1.59 bits per heavy atom. The lowest BCUT2D eigenvalue weighted by Crippen LogP contribution is -2.67. The number of hydrogen-bond donors (Lipinski definition) is 23. The average molecular weight is 2180 g/mol. The van der Waals surface area contributed by atoms with Crippen LogP contribution in [0.25, 0.3) is 22.3 Å². The fourth-order valence-electron chi connectivity index (χ4n) is 19.6. The fraction of sp³-hybridized carbons (Fsp3) is 0.784. The Balaban J connectivity index is 0.778. The molecule has 0 aliphatic carbocycles. The van der Waals surface area contributed by atoms with Gasteiger partial charge in [-0.2, -0.15) is 23.5 Å². The predicted molar refractivity (Wildman–Crippen MR) is 515 cm³/mol. The molecular formula is C97H146N6O45S2. The minimum absolute atomic E-state index is 0.0110. The Labute approximate surface area is 871 Å². The number of aromatic nitrogens is 2. The molecule has 2 aromatic heterocycles. The molecule has 0 radical (unpaired) electrons. The van der Waals surface area contributed by atoms with Gasteiger partial charge in [0, 0.05) is 70.2 Å². The molecule has 23 N–H and O–H groups in total. The summed E-state index contributed by atoms with van der Waals surface area (Å²) < 4.78 is 111. The summed E-state index contributed by atoms with van der Waals surface area (Å²) in [5.74, 6) is -7.62. The normalized spacial score (nSPS) is 35.7. The van der Waals surface area contributed by atoms with Crippen LogP contribution >= 0.6 is 23.5 Å². The van der Waals surface area contributed by atoms with E-state index in [2.05, 4.69) is 21.3 Å². The van der Waals surface area contributed by atoms with Crippen molar-refractivity contribution in [3.63, 3.8) is 0 Å². The molecular weight excluding hydrogens is 2030 g/mol. The first-order valence-corrected chi connectivity index (χ1v) is 52.9. The van der Waals surface area contributed by atoms with Gasteiger partial charge >= 0.3 is 17.9 Å². The van der Waals surface area contributed by atoms with Gasteiger partial charge in [0.05, 0.1) is 123 Å². The van der Waals surface area contributed by atoms with Crippen molar-refractivity contribution >= 4 is 75.8 Å². The van der Waals surface area contributed by atoms with Gasteiger partial charge in [-0.05, 0) is 103 Å². The molecule has 37 atom stereocenters. The van der Waals surface area contributed by atoms with Crippen LogP contribution in [0.4, 0.5) is 0 Å². The zero-order valence-electron chi connectivity index (χ0n) is 85.1. The molecule has 14 bridgehead atoms. The molecule has 19 saturated heterocycles. The highest BCUT2D eigenvalue weighted by Crippen LogP contribution is 2.46. The Hall–Kier alpha value is -6.79. The minimum atomic E-state index is -2.40. The van der Waals surface area contributed by atoms with E-state index in [0.29, 0.717) is 54.3 Å². The third-order valence-corrected chi connectivity index (χ3v) is 31.5. The van der Waals surface area contributed by atoms with Crippen LogP contribution in [0.15, 0.2) is 29.1 Å². The molecule has 0 saturated carbocycles. The summed E-state index contributed by atoms with van der Waals surface area (Å²) in [5.41, 5.74) is -2.51. The molecule has 19 fully saturated rings. The molecule has 21 aliphatic heterocycles. The number of Topliss-reactive ketones (excluding diaryl/α,β-unsaturated/α-hetero) is 1. The molecule has 51 nitrogen and oxygen atoms in total. The number of phenolic OH excluding ortho intramolecular Hbond substituents is 1. The number of phenols is 1. The topological polar surface area (TPSA) is 753 Å². The quantitative estimate of drug-likeness (QED) is 0.0186. The number of hydrogen-bond acceptors (Lipinski definition) is 48. The number of aliphatic hydroxyl groups is 17. The van der Waals surface area contributed by atoms with E-state index in [4.69, 9.17) is 90.2 Å². The molecule has 53 heteroatoms. The van der Waals surface area contributed by atoms with Crippen molar-refractivity contribution in [3.05, 3.63) is 56.9 Å². The van der Waals surface area contributed by atoms with Crippen molar-refractivity contribution in [2.75, 3.05) is 82.3 Å². The number of fused-ring (bicyclic) bond motifs is 5. The molecule has 846 valence electrons. The van der Waals surface area contributed by atoms with E-state index < -0.39 is 362 Å². The van der Waals surface area contributed by atoms with Crippen LogP contribution < -0.4 is 26.8 Å². The van der Waals surface area contributed by atoms with Crippen LogP contribution in [0.1, 0.15) is 156 Å². The summed E-state index contributed by atoms with van der Waals surface area (Å²) in [7, 11) is 0. The molecule has 23 heterocycles. The number of carbonyl (C=O) groups is 7. The van der Waals surface area contributed by atoms with Gasteiger partial charge in [0.2, 0.25) is 23.3 Å². The summed E-state index contributed by atoms with van der Waals surface area (Å²) in [6.45, 7) is 12.4. The highest BCUT2D eigenvalue weighted by atomic mass is 32.2. The Morgan fingerprint density at radius 2 is 1.02 bits per heavy atom. The largest absolute Gasteiger partial charge is 0.508 e. The van der Waals surface area contributed by atoms with Gasteiger partial charge in [0.1, 0.15) is 172 Å². The van der Waals surface area contributed by atoms with Gasteiger partial charge in [-0.1, -0.05) is 41.5 Å². The second-order valence-electron chi connectivity index (χ2n) is 41.1. The van der Waals surface area contributed by atoms with Crippen molar-refractivity contribution in [1.29, 1.82) is 0 Å². The molecule has 1 aromatic carbocycles. The lowest BCUT2D eigenvalue weighted by Gasteiger charge is -2.49. The van der Waals surface area contributed by atoms with Crippen LogP contribution in [-0.2, 0) is 144 Å². The number of rotatable bonds is 38. The minimum Gasteiger partial charge on any atom is -0.508 e. The first kappa shape index (κ1) is 120. The summed E-state index contributed by atoms with van der Waals surface area (Å²) in [4.78, 5) is 116. The Bertz CT molecular complexity index is 5110. The number of nitrogens with one attached hydrogen (secondary N) is 4. The standard InChI is InChI=1S/C97H146N6O45S2/c1-12-41(5)100-49(83(127)98-28-65(114)115)37-149-39-61-56-27-53(110)87(141-61)144-79-58(32-105)139-90(75(124)70(79)119)143-78-54(111)36-131-88(73(122)68(78)117)145-80-59(33-106)140-91(76(125)71(80)120)147-82-62(142-92(77(126)72(82)121)146-81-60(34-107)138-89(74(123)69(81)118)136-55-26-52(109)86(135-56)137-57(55)31-104)40-150-38-50(101-64(113)19-22-133-96(10,11)21-23-134-95(8,9)20-18-63(112)94(6,7)14-3)84(128)99-29-66(116)148-97(15-4)47-25-51-67-45(30-103(51)85(129)46(47)35-132-93(97)130)43(13-2)44-24-42(108)16-17-48(44)102-67/h16-17,24-25,41,49-50,52-62,68-82,86-92,100,104-111,117-126H,12-15,18-23,26-40H2,1-11H3,(H,98,127)(H,99,128)(H,101,113)(H,114,115). The lowest BCUT2D eigenvalue weighted by atomic mass is 9.82. The number of carboxylic acid groups (broad SMARTS) is 1. The number of aliphatic carboxylic acids is 1. The highest BCUT2D eigenvalue weighted by Gasteiger charge is 2.60. The maximum atomic E-state index is 15.0. The number of ether oxygens (including phenoxy) is 18. The SMILES string of the molecule is CCc1c2c(nc3ccc(O)cc13)-c1cc3c(c(=O)n1C2)COC(=O)C3(CC)OC(=O)CNC(=O)C(CSCC1OC2OC3C(CO)OC(OC4CC(O)C(OC5CC(O)C(OC5CSCC(NC(C)CC)C(=O)NCC(=O)O)OC5C(CO)OC(OC6C(O)COC(OC7C(CO)OC(OC1C(O)C2O)C(O)C7O)C(O)C6O)C(O)C5O)OC4CO)C(O)C3O)NC(=O)CCOC(C)(C)CCOC(C)(C)CCC(=O)C(C)(C)CC. The van der Waals surface area contributed by atoms with E-state index in [1.165, 1.54) is 23.6 Å². The molecule has 21 aliphatic rings. The number of nitrogens with zero attached hydrogens (tertiary/aromatic N) is 2. The predicted octanol–water partition coefficient (Wildman–Crippen LogP) is -6.06. The maximum absolute atomic E-state index is 15.0. The zero-order chi connectivity index (χ0) is 109. The van der Waals surface area contributed by atoms with E-state index in [1.807, 2.05) is 48.5 Å². The summed E-state index contributed by atoms with van der Waals surface area (Å²) in [6, 6.07) is 3.13. The molecule has 3 amide bonds. The second-order valence-corrected chi connectivity index (χ2v) is 43.2. The van der Waals surface area contributed by atoms with Crippen molar-refractivity contribution < 1.29 is 216 Å². The van der Waals surface area contributed by atoms with Gasteiger partial charge in [-0.25, -0.2) is 9.78 Å². The van der Waals surface area contributed by atoms with Gasteiger partial charge < -0.3 is 208 Å². The van der Waals surface area contributed by atoms with Crippen LogP contribution in [0.2, 0.25) is 0 Å². The van der Waals surface area contributed by atoms with Crippen LogP contribution in [0, 0.1) is 5.41 Å². The molecule has 24 rings (SSSR count). The van der Waals surface area contributed by atoms with Crippen LogP contribution in [0.3, 0.4) is 0 Å². The number of pyridine rings is 2. The fourth-order valence-corrected chi connectivity index (χ4v) is 21.8. The van der Waals surface area contributed by atoms with Gasteiger partial charge in [-0.15, -0.1) is 0 Å². The van der Waals surface area contributed by atoms with E-state index >= 15 is 4.79 Å². The maximum Gasteiger partial charge on any atom is 0.355 e. The highest BCUT2D eigenvalue weighted by molar-refractivity contribution is 7.99. The number of benzene rings is 1. The number of amides is 3. The lowest BCUT2D eigenvalue weighted by molar-refractivity contribution is -0.386. The second kappa shape index (κ2) is 52.1. The number of thioether (sulfide) groups is 2. The summed E-state index contributed by atoms with van der Waals surface area (Å²) in [6.07, 6.45) is -65.5. The van der Waals surface area contributed by atoms with Crippen LogP contribution in [0.5, 0.6) is 5.75 Å². The van der Waals surface area contributed by atoms with Gasteiger partial charge in [0.15, 0.2) is 44.0 Å². The zero-order valence-corrected chi connectivity index (χ0v) is 86.7. The van der Waals surface area contributed by atoms with Crippen molar-refractivity contribution in [1.82, 2.24) is 30.8 Å². The monoisotopic (exact) mass is 2180 g/mol. The molecule has 150 heavy (non-hydrogen) atoms. The summed E-state index contributed by atoms with van der Waals surface area (Å²) >= 11 is 1.77. The van der Waals surface area contributed by atoms with Crippen molar-refractivity contribution in [2.45, 2.75) is 391 Å². The number of cyclic esters (lactones) is 1. The average Bonchev–Trinajstić information content (AvgIpc) is 1.35. The summed E-state index contributed by atoms with van der Waals surface area (Å²) in [5, 5.41) is 232. The molecule has 37 unspecified atom stereocenters. The number of carbonyl (C=O) groups excluding carboxylic acids is 6. The Morgan fingerprint density at radius 1 is 0.540 bits per heavy atom.